The average Bonchev–Trinajstić information content (AvgIpc) is 3.26. The molecule has 5 rings (SSSR count). The van der Waals surface area contributed by atoms with E-state index < -0.39 is 0 Å². The van der Waals surface area contributed by atoms with Gasteiger partial charge in [-0.25, -0.2) is 5.01 Å². The van der Waals surface area contributed by atoms with Crippen LogP contribution < -0.4 is 9.47 Å². The van der Waals surface area contributed by atoms with Crippen molar-refractivity contribution >= 4 is 5.71 Å². The number of fused-ring (bicyclic) bond motifs is 3. The molecule has 0 spiro atoms. The van der Waals surface area contributed by atoms with Crippen LogP contribution in [0.25, 0.3) is 0 Å². The first-order valence-electron chi connectivity index (χ1n) is 11.1. The number of para-hydroxylation sites is 1. The maximum absolute atomic E-state index is 6.43. The maximum Gasteiger partial charge on any atom is 0.213 e. The van der Waals surface area contributed by atoms with Gasteiger partial charge in [-0.2, -0.15) is 5.10 Å². The van der Waals surface area contributed by atoms with Crippen LogP contribution >= 0.6 is 0 Å². The third-order valence-electron chi connectivity index (χ3n) is 6.02. The lowest BCUT2D eigenvalue weighted by Gasteiger charge is -2.38. The second kappa shape index (κ2) is 8.46. The summed E-state index contributed by atoms with van der Waals surface area (Å²) >= 11 is 0. The zero-order chi connectivity index (χ0) is 21.2. The summed E-state index contributed by atoms with van der Waals surface area (Å²) in [5, 5.41) is 7.18. The van der Waals surface area contributed by atoms with Gasteiger partial charge in [-0.1, -0.05) is 61.4 Å². The number of aryl methyl sites for hydroxylation is 1. The van der Waals surface area contributed by atoms with Crippen LogP contribution in [0.1, 0.15) is 60.7 Å². The molecule has 0 aliphatic carbocycles. The molecule has 3 aromatic carbocycles. The Labute approximate surface area is 184 Å². The molecule has 0 saturated carbocycles. The molecule has 2 atom stereocenters. The van der Waals surface area contributed by atoms with Gasteiger partial charge in [0.15, 0.2) is 0 Å². The molecule has 0 saturated heterocycles. The molecule has 2 heterocycles. The Morgan fingerprint density at radius 3 is 2.55 bits per heavy atom. The van der Waals surface area contributed by atoms with Crippen LogP contribution in [-0.2, 0) is 0 Å². The van der Waals surface area contributed by atoms with Crippen molar-refractivity contribution < 1.29 is 9.47 Å². The largest absolute Gasteiger partial charge is 0.494 e. The Bertz CT molecular complexity index is 1070. The molecule has 31 heavy (non-hydrogen) atoms. The Morgan fingerprint density at radius 2 is 1.77 bits per heavy atom. The van der Waals surface area contributed by atoms with Crippen LogP contribution in [0.4, 0.5) is 0 Å². The number of rotatable bonds is 6. The van der Waals surface area contributed by atoms with Crippen LogP contribution in [0.15, 0.2) is 77.9 Å². The van der Waals surface area contributed by atoms with Gasteiger partial charge in [-0.3, -0.25) is 0 Å². The van der Waals surface area contributed by atoms with Crippen molar-refractivity contribution in [1.29, 1.82) is 0 Å². The molecule has 2 aliphatic heterocycles. The highest BCUT2D eigenvalue weighted by Gasteiger charge is 2.40. The topological polar surface area (TPSA) is 34.1 Å². The van der Waals surface area contributed by atoms with E-state index in [1.54, 1.807) is 0 Å². The van der Waals surface area contributed by atoms with E-state index in [1.807, 2.05) is 18.2 Å². The van der Waals surface area contributed by atoms with E-state index in [2.05, 4.69) is 73.5 Å². The molecular formula is C27H28N2O2. The van der Waals surface area contributed by atoms with Gasteiger partial charge in [0.05, 0.1) is 18.4 Å². The number of unbranched alkanes of at least 4 members (excludes halogenated alkanes) is 1. The smallest absolute Gasteiger partial charge is 0.213 e. The molecule has 0 unspecified atom stereocenters. The van der Waals surface area contributed by atoms with E-state index in [0.717, 1.165) is 54.2 Å². The fourth-order valence-electron chi connectivity index (χ4n) is 4.24. The van der Waals surface area contributed by atoms with Gasteiger partial charge in [0.25, 0.3) is 0 Å². The minimum Gasteiger partial charge on any atom is -0.494 e. The zero-order valence-electron chi connectivity index (χ0n) is 18.1. The maximum atomic E-state index is 6.43. The average molecular weight is 413 g/mol. The van der Waals surface area contributed by atoms with Crippen molar-refractivity contribution in [3.8, 4) is 11.5 Å². The summed E-state index contributed by atoms with van der Waals surface area (Å²) in [6.07, 6.45) is 2.84. The SMILES string of the molecule is CCCCOc1ccc(C2=NN3[C@H](C2)c2ccccc2O[C@@H]3c2ccc(C)cc2)cc1. The van der Waals surface area contributed by atoms with Gasteiger partial charge >= 0.3 is 0 Å². The van der Waals surface area contributed by atoms with E-state index in [1.165, 1.54) is 11.1 Å². The Kier molecular flexibility index (Phi) is 5.37. The van der Waals surface area contributed by atoms with Crippen LogP contribution in [0.3, 0.4) is 0 Å². The number of nitrogens with zero attached hydrogens (tertiary/aromatic N) is 2. The molecule has 0 bridgehead atoms. The second-order valence-electron chi connectivity index (χ2n) is 8.29. The normalized spacial score (nSPS) is 19.3. The van der Waals surface area contributed by atoms with Gasteiger partial charge in [-0.15, -0.1) is 0 Å². The lowest BCUT2D eigenvalue weighted by Crippen LogP contribution is -2.33. The fourth-order valence-corrected chi connectivity index (χ4v) is 4.24. The molecule has 2 aliphatic rings. The molecule has 0 fully saturated rings. The molecule has 0 radical (unpaired) electrons. The summed E-state index contributed by atoms with van der Waals surface area (Å²) in [6.45, 7) is 5.04. The van der Waals surface area contributed by atoms with E-state index >= 15 is 0 Å². The lowest BCUT2D eigenvalue weighted by atomic mass is 9.96. The predicted molar refractivity (Wildman–Crippen MR) is 124 cm³/mol. The molecule has 3 aromatic rings. The minimum atomic E-state index is -0.227. The number of hydrazone groups is 1. The number of ether oxygens (including phenoxy) is 2. The van der Waals surface area contributed by atoms with Crippen LogP contribution in [-0.4, -0.2) is 17.3 Å². The number of hydrogen-bond donors (Lipinski definition) is 0. The second-order valence-corrected chi connectivity index (χ2v) is 8.29. The van der Waals surface area contributed by atoms with Crippen molar-refractivity contribution in [2.75, 3.05) is 6.61 Å². The highest BCUT2D eigenvalue weighted by atomic mass is 16.5. The molecule has 4 nitrogen and oxygen atoms in total. The first-order valence-corrected chi connectivity index (χ1v) is 11.1. The Hall–Kier alpha value is -3.27. The van der Waals surface area contributed by atoms with E-state index in [-0.39, 0.29) is 12.3 Å². The summed E-state index contributed by atoms with van der Waals surface area (Å²) in [6, 6.07) is 25.4. The first kappa shape index (κ1) is 19.7. The molecule has 0 amide bonds. The first-order chi connectivity index (χ1) is 15.2. The van der Waals surface area contributed by atoms with Crippen LogP contribution in [0.2, 0.25) is 0 Å². The van der Waals surface area contributed by atoms with E-state index in [0.29, 0.717) is 0 Å². The van der Waals surface area contributed by atoms with Crippen molar-refractivity contribution in [3.05, 3.63) is 95.1 Å². The molecule has 4 heteroatoms. The minimum absolute atomic E-state index is 0.173. The molecule has 158 valence electrons. The summed E-state index contributed by atoms with van der Waals surface area (Å²) in [7, 11) is 0. The molecule has 0 aromatic heterocycles. The van der Waals surface area contributed by atoms with Gasteiger partial charge in [0.2, 0.25) is 6.23 Å². The van der Waals surface area contributed by atoms with Gasteiger partial charge < -0.3 is 9.47 Å². The van der Waals surface area contributed by atoms with Gasteiger partial charge in [-0.05, 0) is 49.2 Å². The van der Waals surface area contributed by atoms with Crippen LogP contribution in [0.5, 0.6) is 11.5 Å². The highest BCUT2D eigenvalue weighted by molar-refractivity contribution is 6.02. The third-order valence-corrected chi connectivity index (χ3v) is 6.02. The monoisotopic (exact) mass is 412 g/mol. The van der Waals surface area contributed by atoms with Crippen LogP contribution in [0, 0.1) is 6.92 Å². The number of hydrogen-bond acceptors (Lipinski definition) is 4. The summed E-state index contributed by atoms with van der Waals surface area (Å²) in [5.74, 6) is 1.87. The number of benzene rings is 3. The summed E-state index contributed by atoms with van der Waals surface area (Å²) in [4.78, 5) is 0. The summed E-state index contributed by atoms with van der Waals surface area (Å²) < 4.78 is 12.2. The zero-order valence-corrected chi connectivity index (χ0v) is 18.1. The van der Waals surface area contributed by atoms with E-state index in [4.69, 9.17) is 14.6 Å². The highest BCUT2D eigenvalue weighted by Crippen LogP contribution is 2.47. The summed E-state index contributed by atoms with van der Waals surface area (Å²) in [5.41, 5.74) is 5.78. The lowest BCUT2D eigenvalue weighted by molar-refractivity contribution is -0.0190. The van der Waals surface area contributed by atoms with Gasteiger partial charge in [0, 0.05) is 17.5 Å². The third kappa shape index (κ3) is 3.90. The van der Waals surface area contributed by atoms with Gasteiger partial charge in [0.1, 0.15) is 11.5 Å². The van der Waals surface area contributed by atoms with Crippen molar-refractivity contribution in [3.63, 3.8) is 0 Å². The predicted octanol–water partition coefficient (Wildman–Crippen LogP) is 6.42. The standard InChI is InChI=1S/C27H28N2O2/c1-3-4-17-30-22-15-13-20(14-16-22)24-18-25-23-7-5-6-8-26(23)31-27(29(25)28-24)21-11-9-19(2)10-12-21/h5-16,25,27H,3-4,17-18H2,1-2H3/t25-,27-/m1/s1. The fraction of sp³-hybridized carbons (Fsp3) is 0.296. The van der Waals surface area contributed by atoms with Crippen molar-refractivity contribution in [2.45, 2.75) is 45.4 Å². The van der Waals surface area contributed by atoms with Crippen molar-refractivity contribution in [2.24, 2.45) is 5.10 Å². The Morgan fingerprint density at radius 1 is 1.00 bits per heavy atom. The molecule has 0 N–H and O–H groups in total. The van der Waals surface area contributed by atoms with Crippen molar-refractivity contribution in [1.82, 2.24) is 5.01 Å². The Balaban J connectivity index is 1.45. The van der Waals surface area contributed by atoms with E-state index in [9.17, 15) is 0 Å². The quantitative estimate of drug-likeness (QED) is 0.438. The molecular weight excluding hydrogens is 384 g/mol.